The normalized spacial score (nSPS) is 15.0. The molecule has 0 unspecified atom stereocenters. The average Bonchev–Trinajstić information content (AvgIpc) is 2.77. The van der Waals surface area contributed by atoms with Crippen LogP contribution in [0.3, 0.4) is 0 Å². The summed E-state index contributed by atoms with van der Waals surface area (Å²) in [4.78, 5) is 24.6. The molecule has 1 heterocycles. The number of hydrogen-bond acceptors (Lipinski definition) is 6. The van der Waals surface area contributed by atoms with Crippen molar-refractivity contribution < 1.29 is 27.5 Å². The number of amides is 2. The van der Waals surface area contributed by atoms with Gasteiger partial charge in [-0.15, -0.1) is 0 Å². The number of benzene rings is 2. The van der Waals surface area contributed by atoms with Crippen molar-refractivity contribution in [3.8, 4) is 0 Å². The van der Waals surface area contributed by atoms with E-state index in [-0.39, 0.29) is 17.3 Å². The Morgan fingerprint density at radius 2 is 1.67 bits per heavy atom. The van der Waals surface area contributed by atoms with Gasteiger partial charge in [-0.3, -0.25) is 10.1 Å². The number of nitrogens with zero attached hydrogens (tertiary/aromatic N) is 1. The Morgan fingerprint density at radius 1 is 1.03 bits per heavy atom. The molecule has 2 aromatic rings. The summed E-state index contributed by atoms with van der Waals surface area (Å²) in [6, 6.07) is 12.9. The minimum atomic E-state index is -3.69. The number of nitrogens with one attached hydrogen (secondary N) is 2. The van der Waals surface area contributed by atoms with Crippen LogP contribution in [0.15, 0.2) is 53.4 Å². The van der Waals surface area contributed by atoms with E-state index in [0.717, 1.165) is 0 Å². The quantitative estimate of drug-likeness (QED) is 0.664. The monoisotopic (exact) mass is 475 g/mol. The van der Waals surface area contributed by atoms with E-state index in [1.54, 1.807) is 69.3 Å². The number of hydrogen-bond donors (Lipinski definition) is 2. The number of carbonyl (C=O) groups excluding carboxylic acids is 2. The summed E-state index contributed by atoms with van der Waals surface area (Å²) < 4.78 is 37.9. The minimum absolute atomic E-state index is 0.0521. The van der Waals surface area contributed by atoms with Crippen LogP contribution in [-0.4, -0.2) is 56.6 Å². The van der Waals surface area contributed by atoms with Gasteiger partial charge in [-0.1, -0.05) is 18.2 Å². The molecule has 178 valence electrons. The molecule has 2 aromatic carbocycles. The number of anilines is 1. The van der Waals surface area contributed by atoms with Gasteiger partial charge in [-0.25, -0.2) is 13.2 Å². The lowest BCUT2D eigenvalue weighted by atomic mass is 10.1. The van der Waals surface area contributed by atoms with Crippen molar-refractivity contribution in [2.45, 2.75) is 37.8 Å². The van der Waals surface area contributed by atoms with Gasteiger partial charge in [-0.05, 0) is 56.7 Å². The molecule has 1 fully saturated rings. The highest BCUT2D eigenvalue weighted by Crippen LogP contribution is 2.21. The van der Waals surface area contributed by atoms with Crippen LogP contribution in [-0.2, 0) is 26.0 Å². The second-order valence-corrected chi connectivity index (χ2v) is 10.4. The molecule has 2 N–H and O–H groups in total. The molecule has 0 aromatic heterocycles. The molecular weight excluding hydrogens is 446 g/mol. The number of morpholine rings is 1. The van der Waals surface area contributed by atoms with Crippen LogP contribution in [0.5, 0.6) is 0 Å². The lowest BCUT2D eigenvalue weighted by molar-refractivity contribution is 0.0635. The van der Waals surface area contributed by atoms with Crippen molar-refractivity contribution in [3.05, 3.63) is 59.7 Å². The van der Waals surface area contributed by atoms with Crippen LogP contribution in [0.1, 0.15) is 36.7 Å². The number of ether oxygens (including phenoxy) is 2. The molecular formula is C23H29N3O6S. The van der Waals surface area contributed by atoms with Crippen LogP contribution in [0.25, 0.3) is 0 Å². The van der Waals surface area contributed by atoms with E-state index < -0.39 is 21.7 Å². The smallest absolute Gasteiger partial charge is 0.412 e. The largest absolute Gasteiger partial charge is 0.444 e. The Labute approximate surface area is 194 Å². The number of rotatable bonds is 6. The Bertz CT molecular complexity index is 1090. The van der Waals surface area contributed by atoms with Gasteiger partial charge in [0.05, 0.1) is 18.1 Å². The second kappa shape index (κ2) is 10.3. The van der Waals surface area contributed by atoms with Gasteiger partial charge < -0.3 is 14.8 Å². The third-order valence-corrected chi connectivity index (χ3v) is 6.79. The molecule has 1 saturated heterocycles. The van der Waals surface area contributed by atoms with Crippen LogP contribution in [0.2, 0.25) is 0 Å². The van der Waals surface area contributed by atoms with E-state index in [2.05, 4.69) is 10.6 Å². The second-order valence-electron chi connectivity index (χ2n) is 8.51. The van der Waals surface area contributed by atoms with Crippen molar-refractivity contribution in [2.24, 2.45) is 0 Å². The van der Waals surface area contributed by atoms with Crippen LogP contribution >= 0.6 is 0 Å². The van der Waals surface area contributed by atoms with Gasteiger partial charge in [0.1, 0.15) is 5.60 Å². The van der Waals surface area contributed by atoms with Crippen LogP contribution in [0, 0.1) is 0 Å². The van der Waals surface area contributed by atoms with Gasteiger partial charge in [-0.2, -0.15) is 4.31 Å². The zero-order valence-corrected chi connectivity index (χ0v) is 19.8. The molecule has 10 heteroatoms. The summed E-state index contributed by atoms with van der Waals surface area (Å²) in [7, 11) is -3.69. The molecule has 0 aliphatic carbocycles. The Kier molecular flexibility index (Phi) is 7.72. The predicted octanol–water partition coefficient (Wildman–Crippen LogP) is 2.98. The van der Waals surface area contributed by atoms with Crippen molar-refractivity contribution in [1.82, 2.24) is 9.62 Å². The third kappa shape index (κ3) is 6.77. The Morgan fingerprint density at radius 3 is 2.30 bits per heavy atom. The first-order valence-electron chi connectivity index (χ1n) is 10.6. The highest BCUT2D eigenvalue weighted by Gasteiger charge is 2.28. The molecule has 9 nitrogen and oxygen atoms in total. The fourth-order valence-electron chi connectivity index (χ4n) is 3.23. The molecule has 33 heavy (non-hydrogen) atoms. The van der Waals surface area contributed by atoms with Gasteiger partial charge in [0.2, 0.25) is 10.0 Å². The van der Waals surface area contributed by atoms with Gasteiger partial charge in [0.25, 0.3) is 5.91 Å². The summed E-state index contributed by atoms with van der Waals surface area (Å²) in [6.45, 7) is 6.67. The van der Waals surface area contributed by atoms with E-state index in [0.29, 0.717) is 43.1 Å². The highest BCUT2D eigenvalue weighted by atomic mass is 32.2. The zero-order chi connectivity index (χ0) is 24.1. The maximum Gasteiger partial charge on any atom is 0.412 e. The van der Waals surface area contributed by atoms with E-state index in [1.807, 2.05) is 0 Å². The first-order valence-corrected chi connectivity index (χ1v) is 12.0. The van der Waals surface area contributed by atoms with Gasteiger partial charge >= 0.3 is 6.09 Å². The molecule has 1 aliphatic heterocycles. The van der Waals surface area contributed by atoms with E-state index in [1.165, 1.54) is 4.31 Å². The topological polar surface area (TPSA) is 114 Å². The Hall–Kier alpha value is -2.95. The molecule has 0 radical (unpaired) electrons. The van der Waals surface area contributed by atoms with E-state index in [4.69, 9.17) is 9.47 Å². The molecule has 0 bridgehead atoms. The Balaban J connectivity index is 1.64. The standard InChI is InChI=1S/C23H29N3O6S/c1-23(2,3)32-22(28)25-19-10-8-17(9-11-19)21(27)24-16-18-6-4-5-7-20(18)33(29,30)26-12-14-31-15-13-26/h4-11H,12-16H2,1-3H3,(H,24,27)(H,25,28). The molecule has 0 spiro atoms. The summed E-state index contributed by atoms with van der Waals surface area (Å²) in [5.74, 6) is -0.364. The summed E-state index contributed by atoms with van der Waals surface area (Å²) in [5, 5.41) is 5.37. The van der Waals surface area contributed by atoms with Gasteiger partial charge in [0.15, 0.2) is 0 Å². The van der Waals surface area contributed by atoms with Crippen LogP contribution < -0.4 is 10.6 Å². The fourth-order valence-corrected chi connectivity index (χ4v) is 4.86. The van der Waals surface area contributed by atoms with Crippen molar-refractivity contribution in [1.29, 1.82) is 0 Å². The SMILES string of the molecule is CC(C)(C)OC(=O)Nc1ccc(C(=O)NCc2ccccc2S(=O)(=O)N2CCOCC2)cc1. The third-order valence-electron chi connectivity index (χ3n) is 4.79. The molecule has 2 amide bonds. The summed E-state index contributed by atoms with van der Waals surface area (Å²) >= 11 is 0. The fraction of sp³-hybridized carbons (Fsp3) is 0.391. The first kappa shape index (κ1) is 24.7. The van der Waals surface area contributed by atoms with E-state index >= 15 is 0 Å². The predicted molar refractivity (Wildman–Crippen MR) is 123 cm³/mol. The molecule has 0 saturated carbocycles. The van der Waals surface area contributed by atoms with Crippen molar-refractivity contribution in [3.63, 3.8) is 0 Å². The average molecular weight is 476 g/mol. The number of carbonyl (C=O) groups is 2. The highest BCUT2D eigenvalue weighted by molar-refractivity contribution is 7.89. The minimum Gasteiger partial charge on any atom is -0.444 e. The number of sulfonamides is 1. The van der Waals surface area contributed by atoms with Gasteiger partial charge in [0, 0.05) is 30.9 Å². The zero-order valence-electron chi connectivity index (χ0n) is 19.0. The lowest BCUT2D eigenvalue weighted by Gasteiger charge is -2.27. The summed E-state index contributed by atoms with van der Waals surface area (Å²) in [5.41, 5.74) is 0.747. The summed E-state index contributed by atoms with van der Waals surface area (Å²) in [6.07, 6.45) is -0.585. The first-order chi connectivity index (χ1) is 15.6. The maximum absolute atomic E-state index is 13.0. The van der Waals surface area contributed by atoms with Crippen molar-refractivity contribution in [2.75, 3.05) is 31.6 Å². The lowest BCUT2D eigenvalue weighted by Crippen LogP contribution is -2.41. The maximum atomic E-state index is 13.0. The van der Waals surface area contributed by atoms with Crippen LogP contribution in [0.4, 0.5) is 10.5 Å². The van der Waals surface area contributed by atoms with E-state index in [9.17, 15) is 18.0 Å². The molecule has 1 aliphatic rings. The molecule has 3 rings (SSSR count). The molecule has 0 atom stereocenters. The van der Waals surface area contributed by atoms with Crippen molar-refractivity contribution >= 4 is 27.7 Å².